The van der Waals surface area contributed by atoms with Crippen LogP contribution in [-0.4, -0.2) is 65.9 Å². The van der Waals surface area contributed by atoms with Crippen molar-refractivity contribution in [1.82, 2.24) is 19.2 Å². The summed E-state index contributed by atoms with van der Waals surface area (Å²) in [5.74, 6) is 1.14. The highest BCUT2D eigenvalue weighted by Crippen LogP contribution is 2.38. The van der Waals surface area contributed by atoms with E-state index in [0.29, 0.717) is 29.8 Å². The van der Waals surface area contributed by atoms with E-state index < -0.39 is 10.0 Å². The van der Waals surface area contributed by atoms with E-state index in [1.807, 2.05) is 24.4 Å². The Bertz CT molecular complexity index is 1080. The summed E-state index contributed by atoms with van der Waals surface area (Å²) >= 11 is 0. The van der Waals surface area contributed by atoms with Crippen molar-refractivity contribution < 1.29 is 13.2 Å². The number of piperazine rings is 1. The highest BCUT2D eigenvalue weighted by Gasteiger charge is 2.41. The van der Waals surface area contributed by atoms with E-state index in [4.69, 9.17) is 4.74 Å². The third-order valence-corrected chi connectivity index (χ3v) is 8.67. The first-order valence-electron chi connectivity index (χ1n) is 11.5. The van der Waals surface area contributed by atoms with Gasteiger partial charge >= 0.3 is 0 Å². The second kappa shape index (κ2) is 8.08. The van der Waals surface area contributed by atoms with Gasteiger partial charge in [-0.05, 0) is 36.0 Å². The Morgan fingerprint density at radius 3 is 2.56 bits per heavy atom. The van der Waals surface area contributed by atoms with E-state index in [0.717, 1.165) is 30.8 Å². The van der Waals surface area contributed by atoms with Gasteiger partial charge in [-0.15, -0.1) is 0 Å². The third-order valence-electron chi connectivity index (χ3n) is 6.81. The van der Waals surface area contributed by atoms with Crippen molar-refractivity contribution in [2.24, 2.45) is 0 Å². The molecular formula is C24H32N4O3S. The number of hydrogen-bond donors (Lipinski definition) is 0. The monoisotopic (exact) mass is 456 g/mol. The fourth-order valence-electron chi connectivity index (χ4n) is 4.69. The van der Waals surface area contributed by atoms with Gasteiger partial charge in [0.25, 0.3) is 0 Å². The lowest BCUT2D eigenvalue weighted by Gasteiger charge is -2.36. The molecule has 0 spiro atoms. The lowest BCUT2D eigenvalue weighted by molar-refractivity contribution is 0.151. The van der Waals surface area contributed by atoms with Crippen molar-refractivity contribution in [3.05, 3.63) is 47.9 Å². The van der Waals surface area contributed by atoms with E-state index in [1.54, 1.807) is 16.6 Å². The number of sulfonamides is 1. The third kappa shape index (κ3) is 4.40. The number of benzene rings is 1. The number of rotatable bonds is 5. The van der Waals surface area contributed by atoms with Gasteiger partial charge in [0, 0.05) is 44.6 Å². The highest BCUT2D eigenvalue weighted by molar-refractivity contribution is 7.89. The number of aromatic nitrogens is 2. The van der Waals surface area contributed by atoms with Crippen LogP contribution in [-0.2, 0) is 15.4 Å². The zero-order chi connectivity index (χ0) is 22.5. The minimum absolute atomic E-state index is 0.00736. The van der Waals surface area contributed by atoms with Crippen LogP contribution in [0.2, 0.25) is 0 Å². The minimum atomic E-state index is -3.52. The summed E-state index contributed by atoms with van der Waals surface area (Å²) in [6, 6.07) is 7.54. The van der Waals surface area contributed by atoms with Crippen LogP contribution in [0.1, 0.15) is 57.2 Å². The molecule has 0 unspecified atom stereocenters. The Kier molecular flexibility index (Phi) is 5.50. The summed E-state index contributed by atoms with van der Waals surface area (Å²) in [4.78, 5) is 11.6. The fourth-order valence-corrected chi connectivity index (χ4v) is 6.21. The molecule has 3 fully saturated rings. The van der Waals surface area contributed by atoms with Crippen LogP contribution in [0.3, 0.4) is 0 Å². The SMILES string of the molecule is CC(C)(C)c1cccc(S(=O)(=O)N2CCN3C[C@H](Oc4cnc(C5CC5)cn4)C[C@H]3C2)c1. The Hall–Kier alpha value is -2.03. The zero-order valence-electron chi connectivity index (χ0n) is 19.1. The van der Waals surface area contributed by atoms with Crippen LogP contribution < -0.4 is 4.74 Å². The van der Waals surface area contributed by atoms with Gasteiger partial charge in [-0.3, -0.25) is 9.88 Å². The lowest BCUT2D eigenvalue weighted by Crippen LogP contribution is -2.51. The van der Waals surface area contributed by atoms with Crippen LogP contribution in [0.25, 0.3) is 0 Å². The summed E-state index contributed by atoms with van der Waals surface area (Å²) < 4.78 is 34.5. The normalized spacial score (nSPS) is 25.0. The lowest BCUT2D eigenvalue weighted by atomic mass is 9.87. The van der Waals surface area contributed by atoms with E-state index in [2.05, 4.69) is 35.6 Å². The minimum Gasteiger partial charge on any atom is -0.472 e. The second-order valence-corrected chi connectivity index (χ2v) is 12.3. The average molecular weight is 457 g/mol. The van der Waals surface area contributed by atoms with Gasteiger partial charge in [-0.25, -0.2) is 13.4 Å². The molecule has 7 nitrogen and oxygen atoms in total. The molecule has 5 rings (SSSR count). The average Bonchev–Trinajstić information content (AvgIpc) is 3.53. The van der Waals surface area contributed by atoms with Gasteiger partial charge in [0.15, 0.2) is 0 Å². The molecule has 1 aromatic heterocycles. The number of nitrogens with zero attached hydrogens (tertiary/aromatic N) is 4. The van der Waals surface area contributed by atoms with Crippen molar-refractivity contribution in [1.29, 1.82) is 0 Å². The topological polar surface area (TPSA) is 75.6 Å². The Morgan fingerprint density at radius 1 is 1.06 bits per heavy atom. The van der Waals surface area contributed by atoms with Gasteiger partial charge < -0.3 is 4.74 Å². The molecule has 0 bridgehead atoms. The zero-order valence-corrected chi connectivity index (χ0v) is 19.9. The van der Waals surface area contributed by atoms with Gasteiger partial charge in [0.05, 0.1) is 23.0 Å². The van der Waals surface area contributed by atoms with Crippen LogP contribution in [0.5, 0.6) is 5.88 Å². The summed E-state index contributed by atoms with van der Waals surface area (Å²) in [5.41, 5.74) is 1.98. The van der Waals surface area contributed by atoms with Crippen LogP contribution in [0.15, 0.2) is 41.6 Å². The van der Waals surface area contributed by atoms with Crippen molar-refractivity contribution in [2.45, 2.75) is 68.4 Å². The molecule has 2 saturated heterocycles. The maximum atomic E-state index is 13.4. The first-order chi connectivity index (χ1) is 15.2. The van der Waals surface area contributed by atoms with Gasteiger partial charge in [-0.2, -0.15) is 4.31 Å². The maximum absolute atomic E-state index is 13.4. The Morgan fingerprint density at radius 2 is 1.88 bits per heavy atom. The predicted molar refractivity (Wildman–Crippen MR) is 122 cm³/mol. The number of fused-ring (bicyclic) bond motifs is 1. The molecule has 2 aliphatic heterocycles. The van der Waals surface area contributed by atoms with Gasteiger partial charge in [0.1, 0.15) is 6.10 Å². The van der Waals surface area contributed by atoms with Crippen molar-refractivity contribution >= 4 is 10.0 Å². The first-order valence-corrected chi connectivity index (χ1v) is 13.0. The summed E-state index contributed by atoms with van der Waals surface area (Å²) in [7, 11) is -3.52. The molecule has 172 valence electrons. The molecule has 3 heterocycles. The standard InChI is InChI=1S/C24H32N4O3S/c1-24(2,3)18-5-4-6-21(11-18)32(29,30)28-10-9-27-16-20(12-19(27)15-28)31-23-14-25-22(13-26-23)17-7-8-17/h4-6,11,13-14,17,19-20H,7-10,12,15-16H2,1-3H3/t19-,20+/m0/s1. The van der Waals surface area contributed by atoms with Crippen molar-refractivity contribution in [2.75, 3.05) is 26.2 Å². The first kappa shape index (κ1) is 21.8. The second-order valence-electron chi connectivity index (χ2n) is 10.3. The molecule has 3 aliphatic rings. The molecule has 8 heteroatoms. The highest BCUT2D eigenvalue weighted by atomic mass is 32.2. The quantitative estimate of drug-likeness (QED) is 0.688. The molecule has 32 heavy (non-hydrogen) atoms. The van der Waals surface area contributed by atoms with E-state index in [-0.39, 0.29) is 17.6 Å². The molecular weight excluding hydrogens is 424 g/mol. The van der Waals surface area contributed by atoms with Crippen molar-refractivity contribution in [3.63, 3.8) is 0 Å². The molecule has 2 atom stereocenters. The molecule has 0 N–H and O–H groups in total. The van der Waals surface area contributed by atoms with Crippen molar-refractivity contribution in [3.8, 4) is 5.88 Å². The van der Waals surface area contributed by atoms with Gasteiger partial charge in [-0.1, -0.05) is 32.9 Å². The molecule has 0 radical (unpaired) electrons. The summed E-state index contributed by atoms with van der Waals surface area (Å²) in [6.07, 6.45) is 6.76. The molecule has 0 amide bonds. The van der Waals surface area contributed by atoms with E-state index >= 15 is 0 Å². The predicted octanol–water partition coefficient (Wildman–Crippen LogP) is 3.18. The molecule has 1 saturated carbocycles. The van der Waals surface area contributed by atoms with E-state index in [9.17, 15) is 8.42 Å². The number of hydrogen-bond acceptors (Lipinski definition) is 6. The Balaban J connectivity index is 1.24. The summed E-state index contributed by atoms with van der Waals surface area (Å²) in [5, 5.41) is 0. The fraction of sp³-hybridized carbons (Fsp3) is 0.583. The van der Waals surface area contributed by atoms with Crippen LogP contribution in [0.4, 0.5) is 0 Å². The van der Waals surface area contributed by atoms with E-state index in [1.165, 1.54) is 12.8 Å². The van der Waals surface area contributed by atoms with Crippen LogP contribution >= 0.6 is 0 Å². The largest absolute Gasteiger partial charge is 0.472 e. The molecule has 2 aromatic rings. The Labute approximate surface area is 190 Å². The molecule has 1 aliphatic carbocycles. The smallest absolute Gasteiger partial charge is 0.243 e. The summed E-state index contributed by atoms with van der Waals surface area (Å²) in [6.45, 7) is 8.80. The maximum Gasteiger partial charge on any atom is 0.243 e. The van der Waals surface area contributed by atoms with Crippen LogP contribution in [0, 0.1) is 0 Å². The number of ether oxygens (including phenoxy) is 1. The van der Waals surface area contributed by atoms with Gasteiger partial charge in [0.2, 0.25) is 15.9 Å². The molecule has 1 aromatic carbocycles.